The summed E-state index contributed by atoms with van der Waals surface area (Å²) in [4.78, 5) is 0. The highest BCUT2D eigenvalue weighted by Crippen LogP contribution is 2.32. The van der Waals surface area contributed by atoms with Gasteiger partial charge in [-0.15, -0.1) is 0 Å². The first kappa shape index (κ1) is 13.9. The number of ether oxygens (including phenoxy) is 2. The van der Waals surface area contributed by atoms with E-state index in [1.807, 2.05) is 16.8 Å². The van der Waals surface area contributed by atoms with E-state index in [1.165, 1.54) is 0 Å². The topological polar surface area (TPSA) is 64.7 Å². The summed E-state index contributed by atoms with van der Waals surface area (Å²) in [6, 6.07) is 7.35. The van der Waals surface area contributed by atoms with Crippen LogP contribution in [0.2, 0.25) is 0 Å². The number of nitrogens with two attached hydrogens (primary N) is 1. The Hall–Kier alpha value is -1.56. The summed E-state index contributed by atoms with van der Waals surface area (Å²) in [5.74, 6) is 1.22. The van der Waals surface area contributed by atoms with E-state index in [0.29, 0.717) is 18.0 Å². The Balaban J connectivity index is 2.22. The first-order valence-corrected chi connectivity index (χ1v) is 6.89. The highest BCUT2D eigenvalue weighted by atomic mass is 32.1. The number of hydrogen-bond donors (Lipinski definition) is 2. The molecule has 1 unspecified atom stereocenters. The molecule has 0 fully saturated rings. The van der Waals surface area contributed by atoms with Gasteiger partial charge in [0.1, 0.15) is 6.10 Å². The van der Waals surface area contributed by atoms with E-state index in [1.54, 1.807) is 36.6 Å². The normalized spacial score (nSPS) is 12.2. The molecule has 0 radical (unpaired) electrons. The second kappa shape index (κ2) is 6.56. The van der Waals surface area contributed by atoms with Crippen molar-refractivity contribution in [3.63, 3.8) is 0 Å². The Morgan fingerprint density at radius 1 is 1.32 bits per heavy atom. The van der Waals surface area contributed by atoms with E-state index in [4.69, 9.17) is 20.3 Å². The van der Waals surface area contributed by atoms with E-state index in [0.717, 1.165) is 11.1 Å². The molecule has 0 aliphatic heterocycles. The summed E-state index contributed by atoms with van der Waals surface area (Å²) in [5.41, 5.74) is 7.60. The van der Waals surface area contributed by atoms with Gasteiger partial charge in [-0.3, -0.25) is 0 Å². The third-order valence-electron chi connectivity index (χ3n) is 2.81. The number of rotatable bonds is 6. The van der Waals surface area contributed by atoms with Crippen molar-refractivity contribution in [3.05, 3.63) is 46.2 Å². The molecule has 0 spiro atoms. The minimum absolute atomic E-state index is 0.0263. The number of benzene rings is 1. The lowest BCUT2D eigenvalue weighted by atomic mass is 10.2. The van der Waals surface area contributed by atoms with Crippen LogP contribution in [0.25, 0.3) is 0 Å². The van der Waals surface area contributed by atoms with Gasteiger partial charge in [-0.1, -0.05) is 6.07 Å². The molecule has 2 rings (SSSR count). The minimum Gasteiger partial charge on any atom is -0.493 e. The van der Waals surface area contributed by atoms with Crippen LogP contribution in [-0.2, 0) is 6.61 Å². The van der Waals surface area contributed by atoms with Gasteiger partial charge in [0.25, 0.3) is 0 Å². The summed E-state index contributed by atoms with van der Waals surface area (Å²) in [5, 5.41) is 13.1. The highest BCUT2D eigenvalue weighted by Gasteiger charge is 2.15. The number of aliphatic hydroxyl groups excluding tert-OH is 1. The fourth-order valence-corrected chi connectivity index (χ4v) is 2.47. The molecule has 0 bridgehead atoms. The molecule has 5 heteroatoms. The lowest BCUT2D eigenvalue weighted by Gasteiger charge is -2.18. The summed E-state index contributed by atoms with van der Waals surface area (Å²) in [6.45, 7) is 0.364. The van der Waals surface area contributed by atoms with Gasteiger partial charge in [-0.25, -0.2) is 0 Å². The van der Waals surface area contributed by atoms with Crippen LogP contribution in [0.3, 0.4) is 0 Å². The minimum atomic E-state index is -0.194. The van der Waals surface area contributed by atoms with E-state index < -0.39 is 0 Å². The van der Waals surface area contributed by atoms with Gasteiger partial charge in [0, 0.05) is 12.1 Å². The maximum Gasteiger partial charge on any atom is 0.162 e. The highest BCUT2D eigenvalue weighted by molar-refractivity contribution is 7.07. The van der Waals surface area contributed by atoms with Crippen LogP contribution in [0, 0.1) is 0 Å². The summed E-state index contributed by atoms with van der Waals surface area (Å²) in [6.07, 6.45) is -0.194. The maximum atomic E-state index is 9.11. The zero-order valence-corrected chi connectivity index (χ0v) is 11.5. The Kier molecular flexibility index (Phi) is 4.79. The fraction of sp³-hybridized carbons (Fsp3) is 0.286. The molecule has 19 heavy (non-hydrogen) atoms. The molecule has 1 heterocycles. The van der Waals surface area contributed by atoms with Crippen LogP contribution >= 0.6 is 11.3 Å². The monoisotopic (exact) mass is 279 g/mol. The number of methoxy groups -OCH3 is 1. The zero-order valence-electron chi connectivity index (χ0n) is 10.7. The van der Waals surface area contributed by atoms with Crippen molar-refractivity contribution in [1.82, 2.24) is 0 Å². The van der Waals surface area contributed by atoms with E-state index in [-0.39, 0.29) is 12.7 Å². The van der Waals surface area contributed by atoms with Crippen LogP contribution < -0.4 is 15.2 Å². The van der Waals surface area contributed by atoms with Crippen molar-refractivity contribution in [2.24, 2.45) is 5.73 Å². The van der Waals surface area contributed by atoms with E-state index in [2.05, 4.69) is 0 Å². The molecule has 0 saturated carbocycles. The molecule has 4 nitrogen and oxygen atoms in total. The van der Waals surface area contributed by atoms with Gasteiger partial charge in [-0.2, -0.15) is 11.3 Å². The second-order valence-electron chi connectivity index (χ2n) is 4.04. The fourth-order valence-electron chi connectivity index (χ4n) is 1.77. The van der Waals surface area contributed by atoms with Crippen LogP contribution in [-0.4, -0.2) is 18.8 Å². The lowest BCUT2D eigenvalue weighted by Crippen LogP contribution is -2.18. The van der Waals surface area contributed by atoms with Crippen molar-refractivity contribution in [2.45, 2.75) is 12.7 Å². The second-order valence-corrected chi connectivity index (χ2v) is 4.82. The van der Waals surface area contributed by atoms with Gasteiger partial charge in [0.2, 0.25) is 0 Å². The Morgan fingerprint density at radius 3 is 2.74 bits per heavy atom. The predicted octanol–water partition coefficient (Wildman–Crippen LogP) is 2.33. The smallest absolute Gasteiger partial charge is 0.162 e. The van der Waals surface area contributed by atoms with E-state index >= 15 is 0 Å². The van der Waals surface area contributed by atoms with Crippen LogP contribution in [0.1, 0.15) is 17.2 Å². The third kappa shape index (κ3) is 3.26. The van der Waals surface area contributed by atoms with Gasteiger partial charge in [0.05, 0.1) is 13.7 Å². The van der Waals surface area contributed by atoms with Crippen molar-refractivity contribution >= 4 is 11.3 Å². The van der Waals surface area contributed by atoms with E-state index in [9.17, 15) is 0 Å². The molecule has 0 aliphatic carbocycles. The first-order valence-electron chi connectivity index (χ1n) is 5.95. The number of hydrogen-bond acceptors (Lipinski definition) is 5. The summed E-state index contributed by atoms with van der Waals surface area (Å²) in [7, 11) is 1.57. The van der Waals surface area contributed by atoms with Crippen LogP contribution in [0.4, 0.5) is 0 Å². The molecule has 0 saturated heterocycles. The molecule has 1 aromatic carbocycles. The molecule has 0 amide bonds. The summed E-state index contributed by atoms with van der Waals surface area (Å²) < 4.78 is 11.2. The average Bonchev–Trinajstić information content (AvgIpc) is 2.98. The molecule has 0 aliphatic rings. The van der Waals surface area contributed by atoms with Crippen LogP contribution in [0.5, 0.6) is 11.5 Å². The van der Waals surface area contributed by atoms with Crippen LogP contribution in [0.15, 0.2) is 35.0 Å². The standard InChI is InChI=1S/C14H17NO3S/c1-17-13-6-10(8-16)2-3-12(13)18-14(7-15)11-4-5-19-9-11/h2-6,9,14,16H,7-8,15H2,1H3. The van der Waals surface area contributed by atoms with Crippen molar-refractivity contribution < 1.29 is 14.6 Å². The zero-order chi connectivity index (χ0) is 13.7. The molecule has 102 valence electrons. The van der Waals surface area contributed by atoms with Gasteiger partial charge >= 0.3 is 0 Å². The Morgan fingerprint density at radius 2 is 2.16 bits per heavy atom. The van der Waals surface area contributed by atoms with Gasteiger partial charge in [0.15, 0.2) is 11.5 Å². The maximum absolute atomic E-state index is 9.11. The molecule has 3 N–H and O–H groups in total. The predicted molar refractivity (Wildman–Crippen MR) is 75.7 cm³/mol. The van der Waals surface area contributed by atoms with Gasteiger partial charge < -0.3 is 20.3 Å². The molecule has 1 atom stereocenters. The largest absolute Gasteiger partial charge is 0.493 e. The van der Waals surface area contributed by atoms with Crippen molar-refractivity contribution in [1.29, 1.82) is 0 Å². The van der Waals surface area contributed by atoms with Crippen molar-refractivity contribution in [2.75, 3.05) is 13.7 Å². The number of thiophene rings is 1. The van der Waals surface area contributed by atoms with Crippen molar-refractivity contribution in [3.8, 4) is 11.5 Å². The number of aliphatic hydroxyl groups is 1. The Bertz CT molecular complexity index is 513. The Labute approximate surface area is 116 Å². The average molecular weight is 279 g/mol. The molecular formula is C14H17NO3S. The summed E-state index contributed by atoms with van der Waals surface area (Å²) >= 11 is 1.61. The lowest BCUT2D eigenvalue weighted by molar-refractivity contribution is 0.204. The molecule has 1 aromatic heterocycles. The molecular weight excluding hydrogens is 262 g/mol. The third-order valence-corrected chi connectivity index (χ3v) is 3.51. The quantitative estimate of drug-likeness (QED) is 0.851. The SMILES string of the molecule is COc1cc(CO)ccc1OC(CN)c1ccsc1. The first-order chi connectivity index (χ1) is 9.28. The molecule has 2 aromatic rings. The van der Waals surface area contributed by atoms with Gasteiger partial charge in [-0.05, 0) is 34.5 Å².